The number of hydrogen-bond donors (Lipinski definition) is 0. The van der Waals surface area contributed by atoms with E-state index in [0.717, 1.165) is 32.3 Å². The molecule has 0 radical (unpaired) electrons. The Morgan fingerprint density at radius 1 is 1.05 bits per heavy atom. The lowest BCUT2D eigenvalue weighted by atomic mass is 10.0. The van der Waals surface area contributed by atoms with Gasteiger partial charge < -0.3 is 8.83 Å². The van der Waals surface area contributed by atoms with Crippen molar-refractivity contribution in [2.24, 2.45) is 5.10 Å². The van der Waals surface area contributed by atoms with E-state index in [4.69, 9.17) is 8.83 Å². The van der Waals surface area contributed by atoms with Crippen LogP contribution >= 0.6 is 11.3 Å². The third-order valence-electron chi connectivity index (χ3n) is 5.87. The Balaban J connectivity index is 1.49. The number of amides is 1. The number of hydrogen-bond acceptors (Lipinski definition) is 9. The van der Waals surface area contributed by atoms with E-state index in [2.05, 4.69) is 10.1 Å². The molecule has 0 fully saturated rings. The normalized spacial score (nSPS) is 11.6. The fourth-order valence-corrected chi connectivity index (χ4v) is 5.08. The van der Waals surface area contributed by atoms with E-state index < -0.39 is 22.3 Å². The second-order valence-electron chi connectivity index (χ2n) is 8.41. The Hall–Kier alpha value is -5.16. The van der Waals surface area contributed by atoms with Crippen LogP contribution in [0.2, 0.25) is 0 Å². The van der Waals surface area contributed by atoms with Crippen molar-refractivity contribution in [3.05, 3.63) is 110 Å². The number of nitro groups is 1. The van der Waals surface area contributed by atoms with Crippen molar-refractivity contribution in [2.45, 2.75) is 6.92 Å². The fraction of sp³-hybridized carbons (Fsp3) is 0.0370. The summed E-state index contributed by atoms with van der Waals surface area (Å²) in [6.45, 7) is 1.94. The fourth-order valence-electron chi connectivity index (χ4n) is 4.06. The molecule has 0 N–H and O–H groups in total. The van der Waals surface area contributed by atoms with E-state index in [0.29, 0.717) is 16.5 Å². The molecule has 0 aliphatic carbocycles. The highest BCUT2D eigenvalue weighted by Gasteiger charge is 2.25. The van der Waals surface area contributed by atoms with Gasteiger partial charge in [-0.2, -0.15) is 10.1 Å². The highest BCUT2D eigenvalue weighted by atomic mass is 32.1. The number of fused-ring (bicyclic) bond motifs is 4. The molecule has 0 saturated heterocycles. The first-order chi connectivity index (χ1) is 18.4. The molecule has 186 valence electrons. The van der Waals surface area contributed by atoms with Crippen molar-refractivity contribution in [3.63, 3.8) is 0 Å². The highest BCUT2D eigenvalue weighted by molar-refractivity contribution is 7.22. The number of benzene rings is 3. The summed E-state index contributed by atoms with van der Waals surface area (Å²) in [5, 5.41) is 18.7. The zero-order chi connectivity index (χ0) is 26.4. The standard InChI is InChI=1S/C27H16N4O6S/c1-15-6-9-21-23(12-15)38-27(29-21)30(28-14-17-8-11-24(36-17)31(34)35)25(32)20-13-19-18-5-3-2-4-16(18)7-10-22(19)37-26(20)33/h2-14H,1H3/b28-14+. The van der Waals surface area contributed by atoms with Gasteiger partial charge in [-0.15, -0.1) is 0 Å². The second kappa shape index (κ2) is 9.05. The van der Waals surface area contributed by atoms with Crippen LogP contribution in [0.3, 0.4) is 0 Å². The molecular formula is C27H16N4O6S. The van der Waals surface area contributed by atoms with Gasteiger partial charge in [0.05, 0.1) is 22.5 Å². The number of hydrazone groups is 1. The predicted octanol–water partition coefficient (Wildman–Crippen LogP) is 6.05. The molecule has 11 heteroatoms. The molecule has 6 rings (SSSR count). The number of carbonyl (C=O) groups excluding carboxylic acids is 1. The minimum absolute atomic E-state index is 0.0444. The van der Waals surface area contributed by atoms with E-state index in [1.165, 1.54) is 29.5 Å². The molecule has 0 atom stereocenters. The number of nitrogens with zero attached hydrogens (tertiary/aromatic N) is 4. The van der Waals surface area contributed by atoms with Crippen molar-refractivity contribution < 1.29 is 18.6 Å². The smallest absolute Gasteiger partial charge is 0.422 e. The average Bonchev–Trinajstić information content (AvgIpc) is 3.55. The number of furan rings is 1. The van der Waals surface area contributed by atoms with Crippen LogP contribution in [0.5, 0.6) is 0 Å². The lowest BCUT2D eigenvalue weighted by molar-refractivity contribution is -0.402. The van der Waals surface area contributed by atoms with Crippen molar-refractivity contribution in [1.29, 1.82) is 0 Å². The highest BCUT2D eigenvalue weighted by Crippen LogP contribution is 2.31. The molecule has 38 heavy (non-hydrogen) atoms. The van der Waals surface area contributed by atoms with Crippen LogP contribution in [0.4, 0.5) is 11.0 Å². The predicted molar refractivity (Wildman–Crippen MR) is 144 cm³/mol. The van der Waals surface area contributed by atoms with Gasteiger partial charge in [0.25, 0.3) is 5.91 Å². The van der Waals surface area contributed by atoms with Gasteiger partial charge in [0, 0.05) is 5.39 Å². The quantitative estimate of drug-likeness (QED) is 0.0882. The second-order valence-corrected chi connectivity index (χ2v) is 9.42. The number of aryl methyl sites for hydroxylation is 1. The molecule has 0 saturated carbocycles. The Morgan fingerprint density at radius 3 is 2.71 bits per heavy atom. The van der Waals surface area contributed by atoms with Crippen molar-refractivity contribution in [3.8, 4) is 0 Å². The molecule has 0 unspecified atom stereocenters. The largest absolute Gasteiger partial charge is 0.433 e. The van der Waals surface area contributed by atoms with Gasteiger partial charge in [0.1, 0.15) is 16.1 Å². The Morgan fingerprint density at radius 2 is 1.89 bits per heavy atom. The maximum Gasteiger partial charge on any atom is 0.433 e. The maximum absolute atomic E-state index is 13.8. The minimum atomic E-state index is -0.830. The molecule has 0 aliphatic rings. The van der Waals surface area contributed by atoms with Crippen molar-refractivity contribution in [2.75, 3.05) is 5.01 Å². The van der Waals surface area contributed by atoms with Gasteiger partial charge >= 0.3 is 11.5 Å². The lowest BCUT2D eigenvalue weighted by Crippen LogP contribution is -2.30. The zero-order valence-corrected chi connectivity index (χ0v) is 20.5. The topological polar surface area (TPSA) is 132 Å². The maximum atomic E-state index is 13.8. The summed E-state index contributed by atoms with van der Waals surface area (Å²) in [7, 11) is 0. The summed E-state index contributed by atoms with van der Waals surface area (Å²) in [6.07, 6.45) is 1.15. The van der Waals surface area contributed by atoms with Gasteiger partial charge in [0.15, 0.2) is 5.76 Å². The molecule has 10 nitrogen and oxygen atoms in total. The molecule has 3 heterocycles. The van der Waals surface area contributed by atoms with Gasteiger partial charge in [-0.3, -0.25) is 14.9 Å². The van der Waals surface area contributed by atoms with Crippen LogP contribution in [0.15, 0.2) is 91.5 Å². The van der Waals surface area contributed by atoms with Gasteiger partial charge in [-0.25, -0.2) is 9.78 Å². The summed E-state index contributed by atoms with van der Waals surface area (Å²) < 4.78 is 11.5. The van der Waals surface area contributed by atoms with Crippen LogP contribution in [-0.2, 0) is 0 Å². The molecule has 1 amide bonds. The van der Waals surface area contributed by atoms with Crippen LogP contribution in [0.25, 0.3) is 32.0 Å². The van der Waals surface area contributed by atoms with Gasteiger partial charge in [-0.05, 0) is 53.6 Å². The van der Waals surface area contributed by atoms with E-state index >= 15 is 0 Å². The van der Waals surface area contributed by atoms with Crippen LogP contribution < -0.4 is 10.6 Å². The van der Waals surface area contributed by atoms with Crippen molar-refractivity contribution in [1.82, 2.24) is 4.98 Å². The van der Waals surface area contributed by atoms with Crippen LogP contribution in [-0.4, -0.2) is 22.0 Å². The SMILES string of the molecule is Cc1ccc2nc(N(/N=C/c3ccc([N+](=O)[O-])o3)C(=O)c3cc4c(ccc5ccccc54)oc3=O)sc2c1. The summed E-state index contributed by atoms with van der Waals surface area (Å²) in [5.41, 5.74) is 0.932. The van der Waals surface area contributed by atoms with Gasteiger partial charge in [-0.1, -0.05) is 47.7 Å². The lowest BCUT2D eigenvalue weighted by Gasteiger charge is -2.13. The van der Waals surface area contributed by atoms with Crippen molar-refractivity contribution >= 4 is 66.4 Å². The zero-order valence-electron chi connectivity index (χ0n) is 19.7. The van der Waals surface area contributed by atoms with E-state index in [9.17, 15) is 19.7 Å². The Labute approximate surface area is 217 Å². The average molecular weight is 525 g/mol. The van der Waals surface area contributed by atoms with E-state index in [1.807, 2.05) is 55.5 Å². The van der Waals surface area contributed by atoms with E-state index in [-0.39, 0.29) is 16.5 Å². The Kier molecular flexibility index (Phi) is 5.54. The number of aromatic nitrogens is 1. The van der Waals surface area contributed by atoms with Gasteiger partial charge in [0.2, 0.25) is 5.13 Å². The number of anilines is 1. The monoisotopic (exact) mass is 524 g/mol. The first-order valence-electron chi connectivity index (χ1n) is 11.3. The first kappa shape index (κ1) is 23.3. The molecular weight excluding hydrogens is 508 g/mol. The molecule has 3 aromatic carbocycles. The summed E-state index contributed by atoms with van der Waals surface area (Å²) in [6, 6.07) is 20.7. The molecule has 0 bridgehead atoms. The summed E-state index contributed by atoms with van der Waals surface area (Å²) >= 11 is 1.21. The number of thiazole rings is 1. The van der Waals surface area contributed by atoms with E-state index in [1.54, 1.807) is 6.07 Å². The minimum Gasteiger partial charge on any atom is -0.422 e. The first-order valence-corrected chi connectivity index (χ1v) is 12.1. The third kappa shape index (κ3) is 4.10. The molecule has 0 aliphatic heterocycles. The number of carbonyl (C=O) groups is 1. The Bertz CT molecular complexity index is 1990. The molecule has 6 aromatic rings. The number of rotatable bonds is 5. The summed E-state index contributed by atoms with van der Waals surface area (Å²) in [5.74, 6) is -1.20. The van der Waals surface area contributed by atoms with Crippen LogP contribution in [0, 0.1) is 17.0 Å². The third-order valence-corrected chi connectivity index (χ3v) is 6.87. The van der Waals surface area contributed by atoms with Crippen LogP contribution in [0.1, 0.15) is 21.7 Å². The molecule has 3 aromatic heterocycles. The summed E-state index contributed by atoms with van der Waals surface area (Å²) in [4.78, 5) is 41.6. The molecule has 0 spiro atoms.